The van der Waals surface area contributed by atoms with Crippen molar-refractivity contribution >= 4 is 40.4 Å². The van der Waals surface area contributed by atoms with Crippen molar-refractivity contribution in [3.8, 4) is 11.4 Å². The molecule has 3 aromatic carbocycles. The Morgan fingerprint density at radius 3 is 2.48 bits per heavy atom. The summed E-state index contributed by atoms with van der Waals surface area (Å²) in [5.74, 6) is 0.0554. The lowest BCUT2D eigenvalue weighted by Crippen LogP contribution is -2.24. The molecule has 1 N–H and O–H groups in total. The number of carbonyl (C=O) groups is 2. The number of hydrazone groups is 1. The van der Waals surface area contributed by atoms with Crippen LogP contribution in [-0.4, -0.2) is 29.1 Å². The lowest BCUT2D eigenvalue weighted by Gasteiger charge is -2.09. The molecule has 0 saturated heterocycles. The number of fused-ring (bicyclic) bond motifs is 1. The predicted octanol–water partition coefficient (Wildman–Crippen LogP) is 5.32. The fourth-order valence-corrected chi connectivity index (χ4v) is 3.88. The second-order valence-corrected chi connectivity index (χ2v) is 7.94. The minimum absolute atomic E-state index is 0.0460. The maximum absolute atomic E-state index is 12.4. The topological polar surface area (TPSA) is 72.7 Å². The maximum Gasteiger partial charge on any atom is 0.277 e. The molecule has 0 radical (unpaired) electrons. The average molecular weight is 460 g/mol. The Kier molecular flexibility index (Phi) is 6.56. The van der Waals surface area contributed by atoms with Gasteiger partial charge >= 0.3 is 0 Å². The molecule has 7 heteroatoms. The average Bonchev–Trinajstić information content (AvgIpc) is 3.10. The van der Waals surface area contributed by atoms with Crippen LogP contribution in [0.3, 0.4) is 0 Å². The lowest BCUT2D eigenvalue weighted by atomic mass is 10.1. The number of hydrogen-bond donors (Lipinski definition) is 1. The molecule has 4 rings (SSSR count). The van der Waals surface area contributed by atoms with E-state index in [0.29, 0.717) is 16.3 Å². The van der Waals surface area contributed by atoms with Crippen LogP contribution in [0.25, 0.3) is 16.6 Å². The van der Waals surface area contributed by atoms with Gasteiger partial charge in [-0.1, -0.05) is 41.9 Å². The zero-order chi connectivity index (χ0) is 23.4. The number of rotatable bonds is 7. The van der Waals surface area contributed by atoms with Gasteiger partial charge in [-0.3, -0.25) is 9.59 Å². The van der Waals surface area contributed by atoms with Crippen LogP contribution in [0.1, 0.15) is 28.5 Å². The van der Waals surface area contributed by atoms with E-state index in [1.165, 1.54) is 0 Å². The highest BCUT2D eigenvalue weighted by Gasteiger charge is 2.19. The quantitative estimate of drug-likeness (QED) is 0.231. The molecule has 0 fully saturated rings. The first-order valence-electron chi connectivity index (χ1n) is 10.4. The van der Waals surface area contributed by atoms with Crippen LogP contribution in [0.2, 0.25) is 5.02 Å². The first-order chi connectivity index (χ1) is 15.9. The van der Waals surface area contributed by atoms with Gasteiger partial charge in [-0.2, -0.15) is 5.10 Å². The van der Waals surface area contributed by atoms with Crippen molar-refractivity contribution < 1.29 is 14.3 Å². The van der Waals surface area contributed by atoms with E-state index in [9.17, 15) is 9.59 Å². The molecular formula is C26H22ClN3O3. The van der Waals surface area contributed by atoms with Crippen LogP contribution in [0.5, 0.6) is 5.75 Å². The van der Waals surface area contributed by atoms with Crippen molar-refractivity contribution in [2.45, 2.75) is 13.8 Å². The van der Waals surface area contributed by atoms with E-state index in [-0.39, 0.29) is 18.3 Å². The zero-order valence-electron chi connectivity index (χ0n) is 18.2. The van der Waals surface area contributed by atoms with Crippen molar-refractivity contribution in [2.24, 2.45) is 5.10 Å². The third-order valence-electron chi connectivity index (χ3n) is 5.18. The number of carbonyl (C=O) groups excluding carboxylic acids is 2. The number of Topliss-reactive ketones (excluding diaryl/α,β-unsaturated/α-hetero) is 1. The van der Waals surface area contributed by atoms with Gasteiger partial charge in [0.15, 0.2) is 12.4 Å². The van der Waals surface area contributed by atoms with Gasteiger partial charge in [-0.15, -0.1) is 0 Å². The van der Waals surface area contributed by atoms with Gasteiger partial charge in [-0.25, -0.2) is 5.43 Å². The summed E-state index contributed by atoms with van der Waals surface area (Å²) in [5, 5.41) is 5.33. The van der Waals surface area contributed by atoms with Crippen molar-refractivity contribution in [3.05, 3.63) is 94.6 Å². The Bertz CT molecular complexity index is 1340. The van der Waals surface area contributed by atoms with Gasteiger partial charge in [0.25, 0.3) is 5.91 Å². The Balaban J connectivity index is 1.54. The Hall–Kier alpha value is -3.90. The van der Waals surface area contributed by atoms with Crippen LogP contribution in [0.15, 0.2) is 77.9 Å². The summed E-state index contributed by atoms with van der Waals surface area (Å²) >= 11 is 6.04. The SMILES string of the molecule is CC(=O)c1c(C)n(-c2ccc(Cl)cc2)c2ccc(OCC(=O)N/N=C\c3ccccc3)cc12. The van der Waals surface area contributed by atoms with E-state index < -0.39 is 0 Å². The molecular weight excluding hydrogens is 438 g/mol. The smallest absolute Gasteiger partial charge is 0.277 e. The van der Waals surface area contributed by atoms with E-state index in [4.69, 9.17) is 16.3 Å². The molecule has 6 nitrogen and oxygen atoms in total. The number of ether oxygens (including phenoxy) is 1. The summed E-state index contributed by atoms with van der Waals surface area (Å²) in [6.45, 7) is 3.24. The van der Waals surface area contributed by atoms with Crippen LogP contribution in [0, 0.1) is 6.92 Å². The van der Waals surface area contributed by atoms with E-state index in [2.05, 4.69) is 10.5 Å². The highest BCUT2D eigenvalue weighted by molar-refractivity contribution is 6.30. The molecule has 1 heterocycles. The minimum Gasteiger partial charge on any atom is -0.484 e. The second-order valence-electron chi connectivity index (χ2n) is 7.50. The lowest BCUT2D eigenvalue weighted by molar-refractivity contribution is -0.123. The molecule has 1 aromatic heterocycles. The van der Waals surface area contributed by atoms with Gasteiger partial charge in [0.2, 0.25) is 0 Å². The molecule has 0 bridgehead atoms. The Morgan fingerprint density at radius 2 is 1.79 bits per heavy atom. The number of benzene rings is 3. The van der Waals surface area contributed by atoms with Gasteiger partial charge in [0.1, 0.15) is 5.75 Å². The molecule has 0 aliphatic rings. The van der Waals surface area contributed by atoms with Crippen LogP contribution in [-0.2, 0) is 4.79 Å². The first kappa shape index (κ1) is 22.3. The number of aromatic nitrogens is 1. The van der Waals surface area contributed by atoms with E-state index in [1.807, 2.05) is 72.2 Å². The van der Waals surface area contributed by atoms with Gasteiger partial charge < -0.3 is 9.30 Å². The molecule has 1 amide bonds. The van der Waals surface area contributed by atoms with Gasteiger partial charge in [-0.05, 0) is 61.9 Å². The summed E-state index contributed by atoms with van der Waals surface area (Å²) in [6.07, 6.45) is 1.56. The summed E-state index contributed by atoms with van der Waals surface area (Å²) in [6, 6.07) is 22.3. The molecule has 4 aromatic rings. The zero-order valence-corrected chi connectivity index (χ0v) is 19.0. The van der Waals surface area contributed by atoms with Crippen LogP contribution < -0.4 is 10.2 Å². The summed E-state index contributed by atoms with van der Waals surface area (Å²) < 4.78 is 7.67. The van der Waals surface area contributed by atoms with E-state index >= 15 is 0 Å². The van der Waals surface area contributed by atoms with Crippen molar-refractivity contribution in [3.63, 3.8) is 0 Å². The number of amides is 1. The number of ketones is 1. The van der Waals surface area contributed by atoms with Crippen LogP contribution >= 0.6 is 11.6 Å². The fourth-order valence-electron chi connectivity index (χ4n) is 3.75. The third kappa shape index (κ3) is 4.96. The largest absolute Gasteiger partial charge is 0.484 e. The molecule has 0 aliphatic heterocycles. The van der Waals surface area contributed by atoms with Gasteiger partial charge in [0, 0.05) is 27.4 Å². The van der Waals surface area contributed by atoms with E-state index in [0.717, 1.165) is 27.8 Å². The minimum atomic E-state index is -0.385. The molecule has 0 unspecified atom stereocenters. The summed E-state index contributed by atoms with van der Waals surface area (Å²) in [5.41, 5.74) is 6.52. The molecule has 166 valence electrons. The maximum atomic E-state index is 12.4. The van der Waals surface area contributed by atoms with Crippen LogP contribution in [0.4, 0.5) is 0 Å². The standard InChI is InChI=1S/C26H22ClN3O3/c1-17-26(18(2)31)23-14-22(12-13-24(23)30(17)21-10-8-20(27)9-11-21)33-16-25(32)29-28-15-19-6-4-3-5-7-19/h3-15H,16H2,1-2H3,(H,29,32)/b28-15-. The Morgan fingerprint density at radius 1 is 1.06 bits per heavy atom. The second kappa shape index (κ2) is 9.71. The van der Waals surface area contributed by atoms with Crippen molar-refractivity contribution in [1.29, 1.82) is 0 Å². The highest BCUT2D eigenvalue weighted by Crippen LogP contribution is 2.32. The molecule has 0 aliphatic carbocycles. The molecule has 0 spiro atoms. The van der Waals surface area contributed by atoms with Gasteiger partial charge in [0.05, 0.1) is 11.7 Å². The van der Waals surface area contributed by atoms with Crippen molar-refractivity contribution in [1.82, 2.24) is 9.99 Å². The number of nitrogens with one attached hydrogen (secondary N) is 1. The highest BCUT2D eigenvalue weighted by atomic mass is 35.5. The number of nitrogens with zero attached hydrogens (tertiary/aromatic N) is 2. The fraction of sp³-hybridized carbons (Fsp3) is 0.115. The third-order valence-corrected chi connectivity index (χ3v) is 5.44. The molecule has 0 atom stereocenters. The predicted molar refractivity (Wildman–Crippen MR) is 131 cm³/mol. The number of hydrogen-bond acceptors (Lipinski definition) is 4. The first-order valence-corrected chi connectivity index (χ1v) is 10.7. The molecule has 0 saturated carbocycles. The normalized spacial score (nSPS) is 11.1. The van der Waals surface area contributed by atoms with Crippen molar-refractivity contribution in [2.75, 3.05) is 6.61 Å². The monoisotopic (exact) mass is 459 g/mol. The summed E-state index contributed by atoms with van der Waals surface area (Å²) in [7, 11) is 0. The number of halogens is 1. The van der Waals surface area contributed by atoms with E-state index in [1.54, 1.807) is 25.3 Å². The molecule has 33 heavy (non-hydrogen) atoms. The summed E-state index contributed by atoms with van der Waals surface area (Å²) in [4.78, 5) is 24.5. The Labute approximate surface area is 196 Å².